The Hall–Kier alpha value is -1.04. The highest BCUT2D eigenvalue weighted by Crippen LogP contribution is 1.96. The maximum atomic E-state index is 5.34. The van der Waals surface area contributed by atoms with Crippen LogP contribution in [0.3, 0.4) is 0 Å². The Morgan fingerprint density at radius 1 is 1.19 bits per heavy atom. The van der Waals surface area contributed by atoms with Gasteiger partial charge in [0.15, 0.2) is 0 Å². The summed E-state index contributed by atoms with van der Waals surface area (Å²) in [6.45, 7) is 2.68. The predicted molar refractivity (Wildman–Crippen MR) is 61.2 cm³/mol. The van der Waals surface area contributed by atoms with Crippen LogP contribution in [0.1, 0.15) is 11.4 Å². The molecule has 0 fully saturated rings. The highest BCUT2D eigenvalue weighted by Gasteiger charge is 1.97. The Labute approximate surface area is 96.2 Å². The summed E-state index contributed by atoms with van der Waals surface area (Å²) in [5.74, 6) is 0.817. The highest BCUT2D eigenvalue weighted by atomic mass is 16.5. The van der Waals surface area contributed by atoms with Gasteiger partial charge in [-0.25, -0.2) is 9.97 Å². The molecule has 1 rings (SSSR count). The molecule has 5 heteroatoms. The molecule has 16 heavy (non-hydrogen) atoms. The standard InChI is InChI=1S/C11H19N3O2/c1-12-7-10-8-13-11(14-9-10)3-4-16-6-5-15-2/h8-9,12H,3-7H2,1-2H3. The van der Waals surface area contributed by atoms with E-state index in [0.717, 1.165) is 24.4 Å². The quantitative estimate of drug-likeness (QED) is 0.649. The van der Waals surface area contributed by atoms with Crippen molar-refractivity contribution in [3.05, 3.63) is 23.8 Å². The predicted octanol–water partition coefficient (Wildman–Crippen LogP) is 0.401. The summed E-state index contributed by atoms with van der Waals surface area (Å²) in [5.41, 5.74) is 1.09. The van der Waals surface area contributed by atoms with E-state index in [0.29, 0.717) is 19.8 Å². The van der Waals surface area contributed by atoms with Crippen LogP contribution in [0, 0.1) is 0 Å². The summed E-state index contributed by atoms with van der Waals surface area (Å²) < 4.78 is 10.2. The second kappa shape index (κ2) is 8.15. The zero-order valence-corrected chi connectivity index (χ0v) is 9.90. The first-order chi connectivity index (χ1) is 7.86. The second-order valence-corrected chi connectivity index (χ2v) is 3.39. The van der Waals surface area contributed by atoms with E-state index in [1.54, 1.807) is 7.11 Å². The molecule has 1 N–H and O–H groups in total. The number of hydrogen-bond donors (Lipinski definition) is 1. The third-order valence-electron chi connectivity index (χ3n) is 2.04. The van der Waals surface area contributed by atoms with Crippen LogP contribution in [-0.4, -0.2) is 43.9 Å². The van der Waals surface area contributed by atoms with Gasteiger partial charge in [0.2, 0.25) is 0 Å². The van der Waals surface area contributed by atoms with Crippen LogP contribution in [-0.2, 0) is 22.4 Å². The number of nitrogens with zero attached hydrogens (tertiary/aromatic N) is 2. The molecule has 1 aromatic heterocycles. The van der Waals surface area contributed by atoms with Crippen LogP contribution < -0.4 is 5.32 Å². The number of aromatic nitrogens is 2. The van der Waals surface area contributed by atoms with Crippen molar-refractivity contribution in [1.29, 1.82) is 0 Å². The van der Waals surface area contributed by atoms with Crippen LogP contribution in [0.5, 0.6) is 0 Å². The minimum Gasteiger partial charge on any atom is -0.382 e. The average Bonchev–Trinajstić information content (AvgIpc) is 2.31. The van der Waals surface area contributed by atoms with Gasteiger partial charge < -0.3 is 14.8 Å². The molecular weight excluding hydrogens is 206 g/mol. The van der Waals surface area contributed by atoms with Crippen molar-refractivity contribution in [2.45, 2.75) is 13.0 Å². The van der Waals surface area contributed by atoms with Gasteiger partial charge in [-0.15, -0.1) is 0 Å². The van der Waals surface area contributed by atoms with Crippen molar-refractivity contribution in [2.24, 2.45) is 0 Å². The lowest BCUT2D eigenvalue weighted by Crippen LogP contribution is -2.09. The van der Waals surface area contributed by atoms with Gasteiger partial charge in [-0.2, -0.15) is 0 Å². The molecule has 1 aromatic rings. The lowest BCUT2D eigenvalue weighted by atomic mass is 10.3. The first-order valence-electron chi connectivity index (χ1n) is 5.38. The molecule has 0 aliphatic heterocycles. The van der Waals surface area contributed by atoms with Gasteiger partial charge in [-0.1, -0.05) is 0 Å². The molecule has 0 saturated carbocycles. The van der Waals surface area contributed by atoms with E-state index < -0.39 is 0 Å². The van der Waals surface area contributed by atoms with Gasteiger partial charge in [0.05, 0.1) is 19.8 Å². The monoisotopic (exact) mass is 225 g/mol. The summed E-state index contributed by atoms with van der Waals surface area (Å²) in [6, 6.07) is 0. The van der Waals surface area contributed by atoms with Crippen LogP contribution in [0.15, 0.2) is 12.4 Å². The van der Waals surface area contributed by atoms with Crippen LogP contribution in [0.4, 0.5) is 0 Å². The Kier molecular flexibility index (Phi) is 6.64. The summed E-state index contributed by atoms with van der Waals surface area (Å²) in [6.07, 6.45) is 4.42. The molecule has 1 heterocycles. The molecule has 0 radical (unpaired) electrons. The van der Waals surface area contributed by atoms with Crippen molar-refractivity contribution < 1.29 is 9.47 Å². The van der Waals surface area contributed by atoms with Gasteiger partial charge >= 0.3 is 0 Å². The topological polar surface area (TPSA) is 56.3 Å². The fourth-order valence-electron chi connectivity index (χ4n) is 1.21. The Morgan fingerprint density at radius 3 is 2.56 bits per heavy atom. The van der Waals surface area contributed by atoms with E-state index >= 15 is 0 Å². The van der Waals surface area contributed by atoms with Gasteiger partial charge in [0, 0.05) is 38.0 Å². The van der Waals surface area contributed by atoms with Gasteiger partial charge in [0.25, 0.3) is 0 Å². The second-order valence-electron chi connectivity index (χ2n) is 3.39. The summed E-state index contributed by atoms with van der Waals surface area (Å²) >= 11 is 0. The summed E-state index contributed by atoms with van der Waals surface area (Å²) in [5, 5.41) is 3.05. The SMILES string of the molecule is CNCc1cnc(CCOCCOC)nc1. The minimum atomic E-state index is 0.619. The van der Waals surface area contributed by atoms with E-state index in [2.05, 4.69) is 15.3 Å². The lowest BCUT2D eigenvalue weighted by molar-refractivity contribution is 0.0716. The zero-order chi connectivity index (χ0) is 11.6. The lowest BCUT2D eigenvalue weighted by Gasteiger charge is -2.03. The molecule has 0 aromatic carbocycles. The third kappa shape index (κ3) is 5.16. The van der Waals surface area contributed by atoms with Crippen molar-refractivity contribution >= 4 is 0 Å². The molecule has 90 valence electrons. The minimum absolute atomic E-state index is 0.619. The Balaban J connectivity index is 2.21. The number of methoxy groups -OCH3 is 1. The molecule has 0 atom stereocenters. The van der Waals surface area contributed by atoms with Gasteiger partial charge in [-0.3, -0.25) is 0 Å². The molecule has 0 aliphatic rings. The average molecular weight is 225 g/mol. The molecule has 0 saturated heterocycles. The summed E-state index contributed by atoms with van der Waals surface area (Å²) in [4.78, 5) is 8.51. The molecule has 0 amide bonds. The molecule has 0 aliphatic carbocycles. The van der Waals surface area contributed by atoms with E-state index in [9.17, 15) is 0 Å². The van der Waals surface area contributed by atoms with Crippen molar-refractivity contribution in [1.82, 2.24) is 15.3 Å². The maximum absolute atomic E-state index is 5.34. The normalized spacial score (nSPS) is 10.6. The fourth-order valence-corrected chi connectivity index (χ4v) is 1.21. The number of rotatable bonds is 8. The van der Waals surface area contributed by atoms with Crippen LogP contribution >= 0.6 is 0 Å². The number of ether oxygens (including phenoxy) is 2. The molecular formula is C11H19N3O2. The van der Waals surface area contributed by atoms with E-state index in [-0.39, 0.29) is 0 Å². The first-order valence-corrected chi connectivity index (χ1v) is 5.38. The first kappa shape index (κ1) is 13.0. The maximum Gasteiger partial charge on any atom is 0.130 e. The largest absolute Gasteiger partial charge is 0.382 e. The highest BCUT2D eigenvalue weighted by molar-refractivity contribution is 5.04. The third-order valence-corrected chi connectivity index (χ3v) is 2.04. The van der Waals surface area contributed by atoms with Crippen molar-refractivity contribution in [3.8, 4) is 0 Å². The van der Waals surface area contributed by atoms with Gasteiger partial charge in [0.1, 0.15) is 5.82 Å². The summed E-state index contributed by atoms with van der Waals surface area (Å²) in [7, 11) is 3.56. The van der Waals surface area contributed by atoms with Crippen LogP contribution in [0.2, 0.25) is 0 Å². The van der Waals surface area contributed by atoms with E-state index in [1.807, 2.05) is 19.4 Å². The number of hydrogen-bond acceptors (Lipinski definition) is 5. The molecule has 0 bridgehead atoms. The van der Waals surface area contributed by atoms with Crippen molar-refractivity contribution in [3.63, 3.8) is 0 Å². The number of nitrogens with one attached hydrogen (secondary N) is 1. The van der Waals surface area contributed by atoms with E-state index in [4.69, 9.17) is 9.47 Å². The molecule has 0 unspecified atom stereocenters. The zero-order valence-electron chi connectivity index (χ0n) is 9.90. The smallest absolute Gasteiger partial charge is 0.130 e. The van der Waals surface area contributed by atoms with E-state index in [1.165, 1.54) is 0 Å². The van der Waals surface area contributed by atoms with Crippen LogP contribution in [0.25, 0.3) is 0 Å². The van der Waals surface area contributed by atoms with Crippen molar-refractivity contribution in [2.75, 3.05) is 34.0 Å². The molecule has 0 spiro atoms. The Morgan fingerprint density at radius 2 is 1.94 bits per heavy atom. The van der Waals surface area contributed by atoms with Gasteiger partial charge in [-0.05, 0) is 7.05 Å². The Bertz CT molecular complexity index is 277. The fraction of sp³-hybridized carbons (Fsp3) is 0.636. The molecule has 5 nitrogen and oxygen atoms in total.